The number of hydrazine groups is 1. The van der Waals surface area contributed by atoms with Gasteiger partial charge in [0.25, 0.3) is 0 Å². The molecule has 0 aliphatic carbocycles. The smallest absolute Gasteiger partial charge is 0.329 e. The van der Waals surface area contributed by atoms with Crippen molar-refractivity contribution in [2.75, 3.05) is 26.8 Å². The molecular weight excluding hydrogens is 664 g/mol. The first-order valence-electron chi connectivity index (χ1n) is 16.6. The highest BCUT2D eigenvalue weighted by atomic mass is 35.5. The number of nitrogens with one attached hydrogen (secondary N) is 3. The van der Waals surface area contributed by atoms with E-state index >= 15 is 0 Å². The second-order valence-corrected chi connectivity index (χ2v) is 13.1. The van der Waals surface area contributed by atoms with E-state index in [1.165, 1.54) is 17.0 Å². The van der Waals surface area contributed by atoms with Gasteiger partial charge in [0.2, 0.25) is 11.8 Å². The van der Waals surface area contributed by atoms with Gasteiger partial charge in [-0.2, -0.15) is 0 Å². The lowest BCUT2D eigenvalue weighted by atomic mass is 10.1. The molecule has 0 spiro atoms. The largest absolute Gasteiger partial charge is 0.460 e. The number of esters is 1. The fourth-order valence-electron chi connectivity index (χ4n) is 5.15. The molecule has 0 bridgehead atoms. The normalized spacial score (nSPS) is 12.8. The van der Waals surface area contributed by atoms with Crippen LogP contribution in [0.25, 0.3) is 10.9 Å². The molecule has 14 heteroatoms. The summed E-state index contributed by atoms with van der Waals surface area (Å²) >= 11 is 5.92. The Labute approximate surface area is 298 Å². The summed E-state index contributed by atoms with van der Waals surface area (Å²) in [5.41, 5.74) is 4.04. The highest BCUT2D eigenvalue weighted by Gasteiger charge is 2.36. The van der Waals surface area contributed by atoms with Crippen LogP contribution in [0.4, 0.5) is 4.79 Å². The number of halogens is 1. The van der Waals surface area contributed by atoms with Crippen molar-refractivity contribution in [3.8, 4) is 0 Å². The van der Waals surface area contributed by atoms with Crippen LogP contribution in [0.1, 0.15) is 59.1 Å². The lowest BCUT2D eigenvalue weighted by Gasteiger charge is -2.36. The minimum Gasteiger partial charge on any atom is -0.460 e. The topological polar surface area (TPSA) is 151 Å². The van der Waals surface area contributed by atoms with Crippen LogP contribution in [-0.2, 0) is 41.7 Å². The zero-order valence-corrected chi connectivity index (χ0v) is 30.6. The zero-order chi connectivity index (χ0) is 36.8. The number of hydrogen-bond acceptors (Lipinski definition) is 9. The Morgan fingerprint density at radius 1 is 0.960 bits per heavy atom. The molecule has 1 aromatic heterocycles. The predicted molar refractivity (Wildman–Crippen MR) is 191 cm³/mol. The van der Waals surface area contributed by atoms with Crippen molar-refractivity contribution in [3.63, 3.8) is 0 Å². The van der Waals surface area contributed by atoms with Gasteiger partial charge in [0.1, 0.15) is 11.6 Å². The van der Waals surface area contributed by atoms with E-state index in [2.05, 4.69) is 21.0 Å². The third-order valence-electron chi connectivity index (χ3n) is 7.35. The molecule has 50 heavy (non-hydrogen) atoms. The van der Waals surface area contributed by atoms with E-state index in [9.17, 15) is 19.2 Å². The van der Waals surface area contributed by atoms with Gasteiger partial charge in [-0.15, -0.1) is 0 Å². The minimum absolute atomic E-state index is 0.0843. The lowest BCUT2D eigenvalue weighted by Crippen LogP contribution is -2.56. The predicted octanol–water partition coefficient (Wildman–Crippen LogP) is 4.57. The summed E-state index contributed by atoms with van der Waals surface area (Å²) in [5, 5.41) is 8.16. The average Bonchev–Trinajstić information content (AvgIpc) is 3.05. The summed E-state index contributed by atoms with van der Waals surface area (Å²) in [4.78, 5) is 59.6. The van der Waals surface area contributed by atoms with Crippen molar-refractivity contribution in [3.05, 3.63) is 76.9 Å². The molecule has 1 heterocycles. The van der Waals surface area contributed by atoms with Crippen LogP contribution in [0.2, 0.25) is 5.02 Å². The molecule has 0 radical (unpaired) electrons. The fraction of sp³-hybridized carbons (Fsp3) is 0.472. The number of hydrogen-bond donors (Lipinski definition) is 3. The Balaban J connectivity index is 1.84. The number of nitrogens with zero attached hydrogens (tertiary/aromatic N) is 3. The van der Waals surface area contributed by atoms with E-state index in [-0.39, 0.29) is 19.6 Å². The van der Waals surface area contributed by atoms with Gasteiger partial charge < -0.3 is 29.7 Å². The van der Waals surface area contributed by atoms with Crippen LogP contribution >= 0.6 is 11.6 Å². The minimum atomic E-state index is -1.32. The average molecular weight is 713 g/mol. The number of likely N-dealkylation sites (N-methyl/N-ethyl adjacent to an activating group) is 1. The van der Waals surface area contributed by atoms with E-state index in [0.29, 0.717) is 23.8 Å². The van der Waals surface area contributed by atoms with E-state index in [1.54, 1.807) is 58.2 Å². The number of carbonyl (C=O) groups excluding carboxylic acids is 4. The molecule has 272 valence electrons. The number of carbonyl (C=O) groups is 4. The Hall–Kier alpha value is -4.30. The summed E-state index contributed by atoms with van der Waals surface area (Å²) in [6.07, 6.45) is 0.445. The van der Waals surface area contributed by atoms with E-state index < -0.39 is 54.2 Å². The molecule has 0 saturated heterocycles. The number of amides is 4. The standard InChI is InChI=1S/C36H49ClN6O7/c1-8-48-34(49-9-2)24(3)43(22-27-13-10-12-26-14-11-19-38-32(26)27)33(46)29(20-31(45)50-36(4,5)6)40-30(44)23-42(7)41-35(47)39-21-25-15-17-28(37)18-16-25/h10-19,24,29,34H,8-9,20-23H2,1-7H3,(H,40,44)(H2,39,41,47)/t24-,29-/m0/s1. The van der Waals surface area contributed by atoms with E-state index in [0.717, 1.165) is 16.5 Å². The zero-order valence-electron chi connectivity index (χ0n) is 29.8. The van der Waals surface area contributed by atoms with Crippen molar-refractivity contribution in [2.24, 2.45) is 0 Å². The van der Waals surface area contributed by atoms with Crippen LogP contribution in [0, 0.1) is 0 Å². The molecule has 0 aliphatic heterocycles. The molecule has 0 saturated carbocycles. The molecule has 3 N–H and O–H groups in total. The van der Waals surface area contributed by atoms with Gasteiger partial charge in [-0.3, -0.25) is 24.8 Å². The van der Waals surface area contributed by atoms with Gasteiger partial charge in [0.05, 0.1) is 24.5 Å². The van der Waals surface area contributed by atoms with E-state index in [1.807, 2.05) is 44.2 Å². The Kier molecular flexibility index (Phi) is 15.4. The van der Waals surface area contributed by atoms with Gasteiger partial charge in [0.15, 0.2) is 6.29 Å². The van der Waals surface area contributed by atoms with Crippen LogP contribution in [0.15, 0.2) is 60.8 Å². The monoisotopic (exact) mass is 712 g/mol. The maximum atomic E-state index is 14.5. The molecule has 0 aliphatic rings. The summed E-state index contributed by atoms with van der Waals surface area (Å²) in [5.74, 6) is -1.84. The number of rotatable bonds is 17. The molecule has 0 unspecified atom stereocenters. The molecule has 0 fully saturated rings. The summed E-state index contributed by atoms with van der Waals surface area (Å²) in [7, 11) is 1.50. The molecule has 2 atom stereocenters. The van der Waals surface area contributed by atoms with Crippen molar-refractivity contribution >= 4 is 46.3 Å². The number of ether oxygens (including phenoxy) is 3. The second kappa shape index (κ2) is 19.2. The number of pyridine rings is 1. The van der Waals surface area contributed by atoms with Gasteiger partial charge in [-0.05, 0) is 70.9 Å². The summed E-state index contributed by atoms with van der Waals surface area (Å²) in [6.45, 7) is 11.3. The number of benzene rings is 2. The first kappa shape index (κ1) is 40.1. The SMILES string of the molecule is CCOC(OCC)[C@H](C)N(Cc1cccc2cccnc12)C(=O)[C@H](CC(=O)OC(C)(C)C)NC(=O)CN(C)NC(=O)NCc1ccc(Cl)cc1. The molecular formula is C36H49ClN6O7. The first-order chi connectivity index (χ1) is 23.7. The molecule has 3 aromatic rings. The second-order valence-electron chi connectivity index (χ2n) is 12.7. The number of fused-ring (bicyclic) bond motifs is 1. The van der Waals surface area contributed by atoms with Crippen LogP contribution in [0.3, 0.4) is 0 Å². The Bertz CT molecular complexity index is 1570. The Morgan fingerprint density at radius 3 is 2.26 bits per heavy atom. The molecule has 2 aromatic carbocycles. The van der Waals surface area contributed by atoms with E-state index in [4.69, 9.17) is 25.8 Å². The molecule has 3 rings (SSSR count). The van der Waals surface area contributed by atoms with Crippen molar-refractivity contribution in [1.29, 1.82) is 0 Å². The van der Waals surface area contributed by atoms with Crippen molar-refractivity contribution in [2.45, 2.75) is 85.0 Å². The highest BCUT2D eigenvalue weighted by Crippen LogP contribution is 2.22. The van der Waals surface area contributed by atoms with Gasteiger partial charge in [-0.1, -0.05) is 48.0 Å². The van der Waals surface area contributed by atoms with Crippen LogP contribution in [-0.4, -0.2) is 89.5 Å². The quantitative estimate of drug-likeness (QED) is 0.104. The third kappa shape index (κ3) is 12.9. The van der Waals surface area contributed by atoms with Gasteiger partial charge >= 0.3 is 12.0 Å². The van der Waals surface area contributed by atoms with Crippen LogP contribution in [0.5, 0.6) is 0 Å². The van der Waals surface area contributed by atoms with Gasteiger partial charge in [0, 0.05) is 50.0 Å². The maximum Gasteiger partial charge on any atom is 0.329 e. The molecule has 13 nitrogen and oxygen atoms in total. The number of urea groups is 1. The number of para-hydroxylation sites is 1. The third-order valence-corrected chi connectivity index (χ3v) is 7.60. The first-order valence-corrected chi connectivity index (χ1v) is 17.0. The van der Waals surface area contributed by atoms with Crippen molar-refractivity contribution in [1.82, 2.24) is 31.0 Å². The maximum absolute atomic E-state index is 14.5. The summed E-state index contributed by atoms with van der Waals surface area (Å²) in [6, 6.07) is 13.9. The van der Waals surface area contributed by atoms with Crippen LogP contribution < -0.4 is 16.1 Å². The van der Waals surface area contributed by atoms with Crippen molar-refractivity contribution < 1.29 is 33.4 Å². The molecule has 4 amide bonds. The highest BCUT2D eigenvalue weighted by molar-refractivity contribution is 6.30. The number of aromatic nitrogens is 1. The Morgan fingerprint density at radius 2 is 1.62 bits per heavy atom. The fourth-order valence-corrected chi connectivity index (χ4v) is 5.27. The summed E-state index contributed by atoms with van der Waals surface area (Å²) < 4.78 is 17.3. The van der Waals surface area contributed by atoms with Gasteiger partial charge in [-0.25, -0.2) is 9.80 Å². The lowest BCUT2D eigenvalue weighted by molar-refractivity contribution is -0.180.